The minimum atomic E-state index is -0.140. The predicted molar refractivity (Wildman–Crippen MR) is 114 cm³/mol. The standard InChI is InChI=1S/C22H29BrN2O2/c1-6-7-13-25-16(5)18(15(4)19(23)22(25)27)21(26)24-20(14(2)3)17-11-9-8-10-12-17/h8-12,14,20H,6-7,13H2,1-5H3,(H,24,26)/t20-/m0/s1. The number of aromatic nitrogens is 1. The first-order valence-corrected chi connectivity index (χ1v) is 10.3. The second kappa shape index (κ2) is 9.36. The third-order valence-electron chi connectivity index (χ3n) is 4.98. The monoisotopic (exact) mass is 432 g/mol. The van der Waals surface area contributed by atoms with Crippen molar-refractivity contribution in [2.24, 2.45) is 5.92 Å². The van der Waals surface area contributed by atoms with E-state index in [-0.39, 0.29) is 23.4 Å². The highest BCUT2D eigenvalue weighted by Gasteiger charge is 2.24. The molecule has 0 fully saturated rings. The smallest absolute Gasteiger partial charge is 0.265 e. The van der Waals surface area contributed by atoms with E-state index >= 15 is 0 Å². The average molecular weight is 433 g/mol. The van der Waals surface area contributed by atoms with E-state index < -0.39 is 0 Å². The zero-order valence-corrected chi connectivity index (χ0v) is 18.4. The first-order valence-electron chi connectivity index (χ1n) is 9.54. The molecule has 5 heteroatoms. The van der Waals surface area contributed by atoms with Gasteiger partial charge in [0.05, 0.1) is 16.1 Å². The van der Waals surface area contributed by atoms with Gasteiger partial charge in [-0.15, -0.1) is 0 Å². The molecule has 0 aliphatic heterocycles. The lowest BCUT2D eigenvalue weighted by molar-refractivity contribution is 0.0923. The lowest BCUT2D eigenvalue weighted by atomic mass is 9.95. The van der Waals surface area contributed by atoms with Crippen LogP contribution in [0, 0.1) is 19.8 Å². The number of carbonyl (C=O) groups excluding carboxylic acids is 1. The number of nitrogens with one attached hydrogen (secondary N) is 1. The van der Waals surface area contributed by atoms with Crippen LogP contribution in [0.1, 0.15) is 66.8 Å². The average Bonchev–Trinajstić information content (AvgIpc) is 2.65. The van der Waals surface area contributed by atoms with Gasteiger partial charge in [0.25, 0.3) is 11.5 Å². The molecule has 1 N–H and O–H groups in total. The summed E-state index contributed by atoms with van der Waals surface area (Å²) in [5.41, 5.74) is 3.01. The number of benzene rings is 1. The molecular weight excluding hydrogens is 404 g/mol. The maximum Gasteiger partial charge on any atom is 0.265 e. The molecule has 0 spiro atoms. The highest BCUT2D eigenvalue weighted by Crippen LogP contribution is 2.25. The Labute approximate surface area is 170 Å². The van der Waals surface area contributed by atoms with Crippen molar-refractivity contribution < 1.29 is 4.79 Å². The van der Waals surface area contributed by atoms with Crippen LogP contribution in [0.25, 0.3) is 0 Å². The number of carbonyl (C=O) groups is 1. The number of pyridine rings is 1. The van der Waals surface area contributed by atoms with Crippen molar-refractivity contribution in [1.29, 1.82) is 0 Å². The summed E-state index contributed by atoms with van der Waals surface area (Å²) >= 11 is 3.40. The van der Waals surface area contributed by atoms with Crippen LogP contribution in [0.5, 0.6) is 0 Å². The third kappa shape index (κ3) is 4.70. The van der Waals surface area contributed by atoms with Crippen LogP contribution in [-0.2, 0) is 6.54 Å². The van der Waals surface area contributed by atoms with Crippen LogP contribution < -0.4 is 10.9 Å². The number of amides is 1. The Kier molecular flexibility index (Phi) is 7.42. The number of nitrogens with zero attached hydrogens (tertiary/aromatic N) is 1. The van der Waals surface area contributed by atoms with Crippen LogP contribution in [0.2, 0.25) is 0 Å². The summed E-state index contributed by atoms with van der Waals surface area (Å²) in [6.07, 6.45) is 1.89. The number of hydrogen-bond acceptors (Lipinski definition) is 2. The summed E-state index contributed by atoms with van der Waals surface area (Å²) in [7, 11) is 0. The van der Waals surface area contributed by atoms with Gasteiger partial charge in [0, 0.05) is 12.2 Å². The van der Waals surface area contributed by atoms with Gasteiger partial charge in [-0.2, -0.15) is 0 Å². The molecule has 1 atom stereocenters. The highest BCUT2D eigenvalue weighted by molar-refractivity contribution is 9.10. The Bertz CT molecular complexity index is 857. The summed E-state index contributed by atoms with van der Waals surface area (Å²) in [5.74, 6) is 0.102. The molecular formula is C22H29BrN2O2. The number of rotatable bonds is 7. The van der Waals surface area contributed by atoms with Crippen molar-refractivity contribution in [3.63, 3.8) is 0 Å². The molecule has 0 saturated carbocycles. The minimum absolute atomic E-state index is 0.0709. The summed E-state index contributed by atoms with van der Waals surface area (Å²) in [6.45, 7) is 10.6. The molecule has 27 heavy (non-hydrogen) atoms. The Morgan fingerprint density at radius 2 is 1.81 bits per heavy atom. The van der Waals surface area contributed by atoms with Crippen LogP contribution in [0.4, 0.5) is 0 Å². The lowest BCUT2D eigenvalue weighted by Crippen LogP contribution is -2.35. The van der Waals surface area contributed by atoms with Crippen LogP contribution in [-0.4, -0.2) is 10.5 Å². The Morgan fingerprint density at radius 1 is 1.19 bits per heavy atom. The van der Waals surface area contributed by atoms with E-state index in [1.165, 1.54) is 0 Å². The molecule has 1 heterocycles. The molecule has 2 aromatic rings. The van der Waals surface area contributed by atoms with Crippen LogP contribution >= 0.6 is 15.9 Å². The van der Waals surface area contributed by atoms with Gasteiger partial charge in [0.1, 0.15) is 0 Å². The molecule has 146 valence electrons. The molecule has 0 saturated heterocycles. The van der Waals surface area contributed by atoms with E-state index in [0.29, 0.717) is 22.1 Å². The van der Waals surface area contributed by atoms with Gasteiger partial charge >= 0.3 is 0 Å². The fourth-order valence-corrected chi connectivity index (χ4v) is 3.79. The second-order valence-electron chi connectivity index (χ2n) is 7.32. The quantitative estimate of drug-likeness (QED) is 0.656. The molecule has 1 aromatic carbocycles. The molecule has 1 aromatic heterocycles. The van der Waals surface area contributed by atoms with E-state index in [2.05, 4.69) is 42.0 Å². The lowest BCUT2D eigenvalue weighted by Gasteiger charge is -2.25. The number of halogens is 1. The van der Waals surface area contributed by atoms with Crippen molar-refractivity contribution in [1.82, 2.24) is 9.88 Å². The number of hydrogen-bond donors (Lipinski definition) is 1. The summed E-state index contributed by atoms with van der Waals surface area (Å²) in [6, 6.07) is 9.90. The van der Waals surface area contributed by atoms with E-state index in [1.54, 1.807) is 4.57 Å². The molecule has 0 aliphatic carbocycles. The molecule has 0 aliphatic rings. The van der Waals surface area contributed by atoms with Gasteiger partial charge in [-0.3, -0.25) is 9.59 Å². The Balaban J connectivity index is 2.45. The zero-order valence-electron chi connectivity index (χ0n) is 16.8. The zero-order chi connectivity index (χ0) is 20.1. The molecule has 1 amide bonds. The molecule has 0 unspecified atom stereocenters. The van der Waals surface area contributed by atoms with Crippen LogP contribution in [0.15, 0.2) is 39.6 Å². The number of unbranched alkanes of at least 4 members (excludes halogenated alkanes) is 1. The molecule has 0 bridgehead atoms. The van der Waals surface area contributed by atoms with Crippen LogP contribution in [0.3, 0.4) is 0 Å². The van der Waals surface area contributed by atoms with E-state index in [1.807, 2.05) is 44.2 Å². The SMILES string of the molecule is CCCCn1c(C)c(C(=O)N[C@H](c2ccccc2)C(C)C)c(C)c(Br)c1=O. The van der Waals surface area contributed by atoms with Gasteiger partial charge in [0.15, 0.2) is 0 Å². The molecule has 2 rings (SSSR count). The van der Waals surface area contributed by atoms with E-state index in [0.717, 1.165) is 24.1 Å². The topological polar surface area (TPSA) is 51.1 Å². The normalized spacial score (nSPS) is 12.3. The molecule has 0 radical (unpaired) electrons. The van der Waals surface area contributed by atoms with Gasteiger partial charge in [-0.1, -0.05) is 57.5 Å². The van der Waals surface area contributed by atoms with E-state index in [9.17, 15) is 9.59 Å². The summed E-state index contributed by atoms with van der Waals surface area (Å²) in [5, 5.41) is 3.19. The van der Waals surface area contributed by atoms with Gasteiger partial charge in [0.2, 0.25) is 0 Å². The maximum absolute atomic E-state index is 13.2. The van der Waals surface area contributed by atoms with Crippen molar-refractivity contribution >= 4 is 21.8 Å². The minimum Gasteiger partial charge on any atom is -0.345 e. The largest absolute Gasteiger partial charge is 0.345 e. The van der Waals surface area contributed by atoms with Crippen molar-refractivity contribution in [2.45, 2.75) is 60.0 Å². The second-order valence-corrected chi connectivity index (χ2v) is 8.11. The Morgan fingerprint density at radius 3 is 2.37 bits per heavy atom. The van der Waals surface area contributed by atoms with Crippen molar-refractivity contribution in [3.05, 3.63) is 67.5 Å². The van der Waals surface area contributed by atoms with Crippen molar-refractivity contribution in [2.75, 3.05) is 0 Å². The summed E-state index contributed by atoms with van der Waals surface area (Å²) < 4.78 is 2.18. The van der Waals surface area contributed by atoms with Crippen molar-refractivity contribution in [3.8, 4) is 0 Å². The maximum atomic E-state index is 13.2. The van der Waals surface area contributed by atoms with Gasteiger partial charge in [-0.25, -0.2) is 0 Å². The predicted octanol–water partition coefficient (Wildman–Crippen LogP) is 5.15. The Hall–Kier alpha value is -1.88. The first kappa shape index (κ1) is 21.4. The van der Waals surface area contributed by atoms with Gasteiger partial charge < -0.3 is 9.88 Å². The van der Waals surface area contributed by atoms with E-state index in [4.69, 9.17) is 0 Å². The molecule has 4 nitrogen and oxygen atoms in total. The third-order valence-corrected chi connectivity index (χ3v) is 5.91. The fourth-order valence-electron chi connectivity index (χ4n) is 3.38. The summed E-state index contributed by atoms with van der Waals surface area (Å²) in [4.78, 5) is 25.8. The van der Waals surface area contributed by atoms with Gasteiger partial charge in [-0.05, 0) is 53.2 Å². The highest BCUT2D eigenvalue weighted by atomic mass is 79.9. The first-order chi connectivity index (χ1) is 12.8. The fraction of sp³-hybridized carbons (Fsp3) is 0.455.